The zero-order valence-corrected chi connectivity index (χ0v) is 17.5. The first kappa shape index (κ1) is 19.9. The molecule has 3 aromatic rings. The zero-order valence-electron chi connectivity index (χ0n) is 14.4. The quantitative estimate of drug-likeness (QED) is 0.551. The van der Waals surface area contributed by atoms with Gasteiger partial charge in [-0.05, 0) is 25.1 Å². The molecule has 0 radical (unpaired) electrons. The molecule has 27 heavy (non-hydrogen) atoms. The third-order valence-corrected chi connectivity index (χ3v) is 5.75. The molecular weight excluding hydrogens is 429 g/mol. The smallest absolute Gasteiger partial charge is 0.236 e. The molecule has 2 heterocycles. The summed E-state index contributed by atoms with van der Waals surface area (Å²) in [5.74, 6) is 1.17. The largest absolute Gasteiger partial charge is 0.484 e. The maximum Gasteiger partial charge on any atom is 0.236 e. The van der Waals surface area contributed by atoms with Gasteiger partial charge in [0.25, 0.3) is 0 Å². The van der Waals surface area contributed by atoms with Crippen molar-refractivity contribution in [2.75, 3.05) is 11.1 Å². The van der Waals surface area contributed by atoms with Crippen molar-refractivity contribution in [2.24, 2.45) is 7.05 Å². The first-order valence-corrected chi connectivity index (χ1v) is 10.3. The first-order valence-electron chi connectivity index (χ1n) is 7.73. The number of hydrogen-bond acceptors (Lipinski definition) is 7. The Kier molecular flexibility index (Phi) is 6.59. The number of carbonyl (C=O) groups is 1. The lowest BCUT2D eigenvalue weighted by Crippen LogP contribution is -2.14. The Morgan fingerprint density at radius 1 is 1.37 bits per heavy atom. The van der Waals surface area contributed by atoms with Crippen molar-refractivity contribution < 1.29 is 9.53 Å². The number of ether oxygens (including phenoxy) is 1. The Balaban J connectivity index is 1.54. The van der Waals surface area contributed by atoms with Gasteiger partial charge in [-0.15, -0.1) is 21.5 Å². The molecule has 0 fully saturated rings. The number of thiazole rings is 1. The standard InChI is InChI=1S/C16H15Cl2N5O2S2/c1-9-6-19-15(27-9)20-14(24)8-26-16-22-21-13(23(16)2)7-25-12-4-3-10(17)5-11(12)18/h3-6H,7-8H2,1-2H3,(H,19,20,24). The van der Waals surface area contributed by atoms with Gasteiger partial charge < -0.3 is 14.6 Å². The highest BCUT2D eigenvalue weighted by atomic mass is 35.5. The van der Waals surface area contributed by atoms with Gasteiger partial charge in [0.15, 0.2) is 16.1 Å². The van der Waals surface area contributed by atoms with Gasteiger partial charge in [-0.25, -0.2) is 4.98 Å². The molecule has 1 N–H and O–H groups in total. The van der Waals surface area contributed by atoms with Gasteiger partial charge in [-0.1, -0.05) is 35.0 Å². The number of nitrogens with one attached hydrogen (secondary N) is 1. The molecule has 1 aromatic carbocycles. The molecule has 0 saturated heterocycles. The molecule has 0 bridgehead atoms. The molecule has 0 aliphatic heterocycles. The van der Waals surface area contributed by atoms with Crippen molar-refractivity contribution in [3.8, 4) is 5.75 Å². The Morgan fingerprint density at radius 3 is 2.89 bits per heavy atom. The van der Waals surface area contributed by atoms with Crippen molar-refractivity contribution >= 4 is 57.3 Å². The van der Waals surface area contributed by atoms with Gasteiger partial charge in [0.1, 0.15) is 12.4 Å². The van der Waals surface area contributed by atoms with E-state index in [1.807, 2.05) is 14.0 Å². The van der Waals surface area contributed by atoms with Crippen molar-refractivity contribution in [1.82, 2.24) is 19.7 Å². The zero-order chi connectivity index (χ0) is 19.4. The second-order valence-electron chi connectivity index (χ2n) is 5.43. The number of halogens is 2. The molecule has 1 amide bonds. The number of amides is 1. The van der Waals surface area contributed by atoms with Crippen LogP contribution in [0.1, 0.15) is 10.7 Å². The van der Waals surface area contributed by atoms with Crippen molar-refractivity contribution in [3.63, 3.8) is 0 Å². The minimum atomic E-state index is -0.150. The number of anilines is 1. The fraction of sp³-hybridized carbons (Fsp3) is 0.250. The van der Waals surface area contributed by atoms with E-state index in [1.165, 1.54) is 23.1 Å². The molecule has 2 aromatic heterocycles. The molecule has 11 heteroatoms. The van der Waals surface area contributed by atoms with Gasteiger partial charge in [-0.2, -0.15) is 0 Å². The average Bonchev–Trinajstić information content (AvgIpc) is 3.18. The highest BCUT2D eigenvalue weighted by Crippen LogP contribution is 2.28. The van der Waals surface area contributed by atoms with E-state index < -0.39 is 0 Å². The van der Waals surface area contributed by atoms with E-state index in [0.717, 1.165) is 4.88 Å². The molecule has 3 rings (SSSR count). The molecule has 0 unspecified atom stereocenters. The van der Waals surface area contributed by atoms with E-state index in [1.54, 1.807) is 29.0 Å². The predicted molar refractivity (Wildman–Crippen MR) is 108 cm³/mol. The lowest BCUT2D eigenvalue weighted by molar-refractivity contribution is -0.113. The minimum Gasteiger partial charge on any atom is -0.484 e. The second kappa shape index (κ2) is 8.92. The Labute approximate surface area is 174 Å². The Bertz CT molecular complexity index is 960. The number of aryl methyl sites for hydroxylation is 1. The number of carbonyl (C=O) groups excluding carboxylic acids is 1. The molecule has 0 atom stereocenters. The van der Waals surface area contributed by atoms with Crippen LogP contribution in [0.2, 0.25) is 10.0 Å². The molecule has 0 aliphatic rings. The summed E-state index contributed by atoms with van der Waals surface area (Å²) in [6.07, 6.45) is 1.72. The van der Waals surface area contributed by atoms with Gasteiger partial charge in [0.05, 0.1) is 10.8 Å². The van der Waals surface area contributed by atoms with Crippen LogP contribution in [-0.2, 0) is 18.4 Å². The Hall–Kier alpha value is -1.81. The van der Waals surface area contributed by atoms with Crippen molar-refractivity contribution in [1.29, 1.82) is 0 Å². The third-order valence-electron chi connectivity index (χ3n) is 3.38. The Morgan fingerprint density at radius 2 is 2.19 bits per heavy atom. The normalized spacial score (nSPS) is 10.8. The molecule has 7 nitrogen and oxygen atoms in total. The molecule has 0 aliphatic carbocycles. The molecule has 0 saturated carbocycles. The number of thioether (sulfide) groups is 1. The van der Waals surface area contributed by atoms with Crippen LogP contribution in [0.3, 0.4) is 0 Å². The van der Waals surface area contributed by atoms with Gasteiger partial charge in [-0.3, -0.25) is 4.79 Å². The lowest BCUT2D eigenvalue weighted by atomic mass is 10.3. The van der Waals surface area contributed by atoms with E-state index in [4.69, 9.17) is 27.9 Å². The highest BCUT2D eigenvalue weighted by molar-refractivity contribution is 7.99. The number of aromatic nitrogens is 4. The van der Waals surface area contributed by atoms with Crippen LogP contribution in [0.15, 0.2) is 29.6 Å². The number of rotatable bonds is 7. The summed E-state index contributed by atoms with van der Waals surface area (Å²) in [4.78, 5) is 17.2. The van der Waals surface area contributed by atoms with Gasteiger partial charge in [0.2, 0.25) is 5.91 Å². The maximum absolute atomic E-state index is 12.0. The number of benzene rings is 1. The lowest BCUT2D eigenvalue weighted by Gasteiger charge is -2.08. The van der Waals surface area contributed by atoms with Crippen LogP contribution in [0.25, 0.3) is 0 Å². The monoisotopic (exact) mass is 443 g/mol. The van der Waals surface area contributed by atoms with Crippen molar-refractivity contribution in [2.45, 2.75) is 18.7 Å². The van der Waals surface area contributed by atoms with Gasteiger partial charge >= 0.3 is 0 Å². The van der Waals surface area contributed by atoms with Crippen LogP contribution in [0, 0.1) is 6.92 Å². The van der Waals surface area contributed by atoms with E-state index >= 15 is 0 Å². The van der Waals surface area contributed by atoms with Crippen LogP contribution in [0.4, 0.5) is 5.13 Å². The second-order valence-corrected chi connectivity index (χ2v) is 8.46. The van der Waals surface area contributed by atoms with Crippen LogP contribution in [-0.4, -0.2) is 31.4 Å². The van der Waals surface area contributed by atoms with Crippen LogP contribution in [0.5, 0.6) is 5.75 Å². The summed E-state index contributed by atoms with van der Waals surface area (Å²) in [6, 6.07) is 5.00. The van der Waals surface area contributed by atoms with E-state index in [9.17, 15) is 4.79 Å². The molecule has 0 spiro atoms. The van der Waals surface area contributed by atoms with E-state index in [0.29, 0.717) is 31.9 Å². The highest BCUT2D eigenvalue weighted by Gasteiger charge is 2.13. The fourth-order valence-electron chi connectivity index (χ4n) is 2.03. The van der Waals surface area contributed by atoms with E-state index in [2.05, 4.69) is 20.5 Å². The molecule has 142 valence electrons. The third kappa shape index (κ3) is 5.35. The number of hydrogen-bond donors (Lipinski definition) is 1. The summed E-state index contributed by atoms with van der Waals surface area (Å²) in [5.41, 5.74) is 0. The topological polar surface area (TPSA) is 81.9 Å². The predicted octanol–water partition coefficient (Wildman–Crippen LogP) is 4.20. The van der Waals surface area contributed by atoms with Crippen molar-refractivity contribution in [3.05, 3.63) is 45.1 Å². The minimum absolute atomic E-state index is 0.150. The van der Waals surface area contributed by atoms with Crippen LogP contribution >= 0.6 is 46.3 Å². The van der Waals surface area contributed by atoms with Crippen LogP contribution < -0.4 is 10.1 Å². The van der Waals surface area contributed by atoms with Gasteiger partial charge in [0, 0.05) is 23.1 Å². The number of nitrogens with zero attached hydrogens (tertiary/aromatic N) is 4. The first-order chi connectivity index (χ1) is 12.9. The summed E-state index contributed by atoms with van der Waals surface area (Å²) in [6.45, 7) is 2.12. The molecular formula is C16H15Cl2N5O2S2. The SMILES string of the molecule is Cc1cnc(NC(=O)CSc2nnc(COc3ccc(Cl)cc3Cl)n2C)s1. The van der Waals surface area contributed by atoms with E-state index in [-0.39, 0.29) is 18.3 Å². The average molecular weight is 444 g/mol. The summed E-state index contributed by atoms with van der Waals surface area (Å²) >= 11 is 14.7. The summed E-state index contributed by atoms with van der Waals surface area (Å²) in [7, 11) is 1.81. The summed E-state index contributed by atoms with van der Waals surface area (Å²) in [5, 5.41) is 13.1. The maximum atomic E-state index is 12.0. The fourth-order valence-corrected chi connectivity index (χ4v) is 3.90. The summed E-state index contributed by atoms with van der Waals surface area (Å²) < 4.78 is 7.44.